The van der Waals surface area contributed by atoms with Gasteiger partial charge in [-0.2, -0.15) is 0 Å². The number of piperazine rings is 1. The molecule has 0 aromatic carbocycles. The van der Waals surface area contributed by atoms with Crippen LogP contribution in [0.5, 0.6) is 0 Å². The minimum Gasteiger partial charge on any atom is -0.308 e. The summed E-state index contributed by atoms with van der Waals surface area (Å²) in [6.07, 6.45) is 11.4. The normalized spacial score (nSPS) is 38.7. The Balaban J connectivity index is 1.77. The Labute approximate surface area is 119 Å². The maximum absolute atomic E-state index is 3.90. The molecule has 3 rings (SSSR count). The topological polar surface area (TPSA) is 15.3 Å². The summed E-state index contributed by atoms with van der Waals surface area (Å²) in [5.74, 6) is 0. The molecule has 3 aliphatic rings. The first kappa shape index (κ1) is 13.9. The zero-order chi connectivity index (χ0) is 13.5. The summed E-state index contributed by atoms with van der Waals surface area (Å²) in [4.78, 5) is 2.89. The number of rotatable bonds is 1. The van der Waals surface area contributed by atoms with Crippen molar-refractivity contribution in [2.24, 2.45) is 5.41 Å². The van der Waals surface area contributed by atoms with Gasteiger partial charge in [-0.05, 0) is 38.0 Å². The van der Waals surface area contributed by atoms with Gasteiger partial charge in [-0.15, -0.1) is 0 Å². The Morgan fingerprint density at radius 3 is 2.37 bits per heavy atom. The number of hydrogen-bond donors (Lipinski definition) is 1. The molecule has 1 spiro atoms. The van der Waals surface area contributed by atoms with Crippen LogP contribution in [0.4, 0.5) is 0 Å². The van der Waals surface area contributed by atoms with Crippen LogP contribution in [-0.2, 0) is 0 Å². The summed E-state index contributed by atoms with van der Waals surface area (Å²) in [5, 5.41) is 3.90. The van der Waals surface area contributed by atoms with E-state index in [0.29, 0.717) is 17.0 Å². The highest BCUT2D eigenvalue weighted by molar-refractivity contribution is 5.03. The van der Waals surface area contributed by atoms with Gasteiger partial charge in [0, 0.05) is 30.7 Å². The molecule has 0 amide bonds. The second kappa shape index (κ2) is 5.04. The fourth-order valence-electron chi connectivity index (χ4n) is 4.94. The van der Waals surface area contributed by atoms with Crippen molar-refractivity contribution in [2.45, 2.75) is 89.8 Å². The summed E-state index contributed by atoms with van der Waals surface area (Å²) in [7, 11) is 0. The molecule has 2 heteroatoms. The van der Waals surface area contributed by atoms with Gasteiger partial charge in [-0.25, -0.2) is 0 Å². The van der Waals surface area contributed by atoms with Gasteiger partial charge >= 0.3 is 0 Å². The van der Waals surface area contributed by atoms with E-state index in [1.807, 2.05) is 0 Å². The molecule has 1 heterocycles. The van der Waals surface area contributed by atoms with E-state index in [9.17, 15) is 0 Å². The second-order valence-electron chi connectivity index (χ2n) is 8.14. The lowest BCUT2D eigenvalue weighted by atomic mass is 9.71. The van der Waals surface area contributed by atoms with Crippen LogP contribution < -0.4 is 5.32 Å². The Bertz CT molecular complexity index is 317. The van der Waals surface area contributed by atoms with Gasteiger partial charge in [0.1, 0.15) is 0 Å². The van der Waals surface area contributed by atoms with E-state index in [0.717, 1.165) is 6.04 Å². The highest BCUT2D eigenvalue weighted by Gasteiger charge is 2.45. The van der Waals surface area contributed by atoms with Crippen LogP contribution in [0.2, 0.25) is 0 Å². The summed E-state index contributed by atoms with van der Waals surface area (Å²) in [6.45, 7) is 9.95. The third-order valence-corrected chi connectivity index (χ3v) is 6.24. The second-order valence-corrected chi connectivity index (χ2v) is 8.14. The highest BCUT2D eigenvalue weighted by atomic mass is 15.3. The molecule has 2 atom stereocenters. The summed E-state index contributed by atoms with van der Waals surface area (Å²) in [5.41, 5.74) is 0.990. The monoisotopic (exact) mass is 264 g/mol. The zero-order valence-electron chi connectivity index (χ0n) is 13.2. The number of nitrogens with one attached hydrogen (secondary N) is 1. The number of hydrogen-bond acceptors (Lipinski definition) is 2. The maximum Gasteiger partial charge on any atom is 0.0309 e. The van der Waals surface area contributed by atoms with Crippen molar-refractivity contribution in [1.82, 2.24) is 10.2 Å². The van der Waals surface area contributed by atoms with Gasteiger partial charge < -0.3 is 5.32 Å². The van der Waals surface area contributed by atoms with E-state index in [-0.39, 0.29) is 0 Å². The highest BCUT2D eigenvalue weighted by Crippen LogP contribution is 2.42. The minimum atomic E-state index is 0.472. The molecule has 3 fully saturated rings. The SMILES string of the molecule is CC1CNC2(CCCC2)CN1C1CCCCC1(C)C. The predicted octanol–water partition coefficient (Wildman–Crippen LogP) is 3.56. The molecule has 2 nitrogen and oxygen atoms in total. The van der Waals surface area contributed by atoms with Crippen LogP contribution in [0.1, 0.15) is 72.1 Å². The molecule has 1 saturated heterocycles. The first-order valence-electron chi connectivity index (χ1n) is 8.53. The Hall–Kier alpha value is -0.0800. The van der Waals surface area contributed by atoms with Crippen molar-refractivity contribution >= 4 is 0 Å². The molecular weight excluding hydrogens is 232 g/mol. The molecule has 0 aromatic rings. The lowest BCUT2D eigenvalue weighted by Crippen LogP contribution is -2.66. The molecule has 1 aliphatic heterocycles. The van der Waals surface area contributed by atoms with Crippen LogP contribution in [0.15, 0.2) is 0 Å². The van der Waals surface area contributed by atoms with Crippen LogP contribution in [0, 0.1) is 5.41 Å². The van der Waals surface area contributed by atoms with Crippen molar-refractivity contribution in [3.8, 4) is 0 Å². The van der Waals surface area contributed by atoms with Crippen LogP contribution in [0.25, 0.3) is 0 Å². The van der Waals surface area contributed by atoms with Gasteiger partial charge in [0.05, 0.1) is 0 Å². The summed E-state index contributed by atoms with van der Waals surface area (Å²) < 4.78 is 0. The molecule has 19 heavy (non-hydrogen) atoms. The summed E-state index contributed by atoms with van der Waals surface area (Å²) in [6, 6.07) is 1.53. The third kappa shape index (κ3) is 2.58. The van der Waals surface area contributed by atoms with Crippen LogP contribution in [-0.4, -0.2) is 35.6 Å². The van der Waals surface area contributed by atoms with Crippen LogP contribution in [0.3, 0.4) is 0 Å². The first-order valence-corrected chi connectivity index (χ1v) is 8.53. The fraction of sp³-hybridized carbons (Fsp3) is 1.00. The van der Waals surface area contributed by atoms with Crippen molar-refractivity contribution in [3.63, 3.8) is 0 Å². The molecular formula is C17H32N2. The summed E-state index contributed by atoms with van der Waals surface area (Å²) >= 11 is 0. The molecule has 2 unspecified atom stereocenters. The van der Waals surface area contributed by atoms with Crippen molar-refractivity contribution in [3.05, 3.63) is 0 Å². The van der Waals surface area contributed by atoms with Gasteiger partial charge in [0.15, 0.2) is 0 Å². The molecule has 0 radical (unpaired) electrons. The first-order chi connectivity index (χ1) is 9.03. The lowest BCUT2D eigenvalue weighted by Gasteiger charge is -2.54. The van der Waals surface area contributed by atoms with E-state index < -0.39 is 0 Å². The Kier molecular flexibility index (Phi) is 3.68. The molecule has 110 valence electrons. The molecule has 0 aromatic heterocycles. The standard InChI is InChI=1S/C17H32N2/c1-14-12-18-17(10-6-7-11-17)13-19(14)15-8-4-5-9-16(15,2)3/h14-15,18H,4-13H2,1-3H3. The van der Waals surface area contributed by atoms with Crippen molar-refractivity contribution in [2.75, 3.05) is 13.1 Å². The van der Waals surface area contributed by atoms with Gasteiger partial charge in [0.25, 0.3) is 0 Å². The average Bonchev–Trinajstić information content (AvgIpc) is 2.81. The van der Waals surface area contributed by atoms with Crippen LogP contribution >= 0.6 is 0 Å². The largest absolute Gasteiger partial charge is 0.308 e. The maximum atomic E-state index is 3.90. The van der Waals surface area contributed by atoms with Crippen molar-refractivity contribution < 1.29 is 0 Å². The Morgan fingerprint density at radius 1 is 1.00 bits per heavy atom. The Morgan fingerprint density at radius 2 is 1.68 bits per heavy atom. The van der Waals surface area contributed by atoms with Gasteiger partial charge in [-0.3, -0.25) is 4.90 Å². The molecule has 2 aliphatic carbocycles. The van der Waals surface area contributed by atoms with E-state index >= 15 is 0 Å². The minimum absolute atomic E-state index is 0.472. The van der Waals surface area contributed by atoms with E-state index in [4.69, 9.17) is 0 Å². The van der Waals surface area contributed by atoms with E-state index in [2.05, 4.69) is 31.0 Å². The molecule has 0 bridgehead atoms. The quantitative estimate of drug-likeness (QED) is 0.779. The van der Waals surface area contributed by atoms with E-state index in [1.165, 1.54) is 64.5 Å². The van der Waals surface area contributed by atoms with Gasteiger partial charge in [0.2, 0.25) is 0 Å². The van der Waals surface area contributed by atoms with Gasteiger partial charge in [-0.1, -0.05) is 39.5 Å². The number of nitrogens with zero attached hydrogens (tertiary/aromatic N) is 1. The smallest absolute Gasteiger partial charge is 0.0309 e. The fourth-order valence-corrected chi connectivity index (χ4v) is 4.94. The lowest BCUT2D eigenvalue weighted by molar-refractivity contribution is -0.0200. The van der Waals surface area contributed by atoms with Crippen molar-refractivity contribution in [1.29, 1.82) is 0 Å². The molecule has 2 saturated carbocycles. The predicted molar refractivity (Wildman–Crippen MR) is 81.4 cm³/mol. The van der Waals surface area contributed by atoms with E-state index in [1.54, 1.807) is 0 Å². The molecule has 1 N–H and O–H groups in total. The zero-order valence-corrected chi connectivity index (χ0v) is 13.2. The average molecular weight is 264 g/mol. The third-order valence-electron chi connectivity index (χ3n) is 6.24.